The van der Waals surface area contributed by atoms with Crippen LogP contribution in [0.25, 0.3) is 0 Å². The van der Waals surface area contributed by atoms with Gasteiger partial charge < -0.3 is 0 Å². The Labute approximate surface area is 153 Å². The van der Waals surface area contributed by atoms with Crippen LogP contribution in [0, 0.1) is 5.82 Å². The van der Waals surface area contributed by atoms with Gasteiger partial charge in [-0.3, -0.25) is 9.10 Å². The molecule has 4 nitrogen and oxygen atoms in total. The van der Waals surface area contributed by atoms with Crippen molar-refractivity contribution in [3.05, 3.63) is 58.3 Å². The van der Waals surface area contributed by atoms with Gasteiger partial charge in [0, 0.05) is 10.0 Å². The van der Waals surface area contributed by atoms with E-state index in [4.69, 9.17) is 34.8 Å². The van der Waals surface area contributed by atoms with Gasteiger partial charge in [0.25, 0.3) is 10.0 Å². The zero-order valence-electron chi connectivity index (χ0n) is 12.2. The molecule has 0 N–H and O–H groups in total. The Morgan fingerprint density at radius 3 is 2.17 bits per heavy atom. The second kappa shape index (κ2) is 7.27. The first-order chi connectivity index (χ1) is 11.1. The highest BCUT2D eigenvalue weighted by molar-refractivity contribution is 7.93. The van der Waals surface area contributed by atoms with Gasteiger partial charge in [0.05, 0.1) is 10.6 Å². The molecule has 0 heterocycles. The average molecular weight is 411 g/mol. The standard InChI is InChI=1S/C15H11Cl3FNO3S/c1-9(15(18)21)20(14-8-11(17)4-7-13(14)19)24(22,23)12-5-2-10(16)3-6-12/h2-9H,1H3/t9-/m1/s1. The van der Waals surface area contributed by atoms with E-state index in [1.807, 2.05) is 0 Å². The molecule has 2 rings (SSSR count). The van der Waals surface area contributed by atoms with Crippen molar-refractivity contribution >= 4 is 55.8 Å². The normalized spacial score (nSPS) is 12.7. The molecule has 24 heavy (non-hydrogen) atoms. The summed E-state index contributed by atoms with van der Waals surface area (Å²) in [5.74, 6) is -0.860. The van der Waals surface area contributed by atoms with Gasteiger partial charge in [-0.1, -0.05) is 23.2 Å². The lowest BCUT2D eigenvalue weighted by Gasteiger charge is -2.28. The molecule has 0 aliphatic rings. The van der Waals surface area contributed by atoms with E-state index in [1.165, 1.54) is 37.3 Å². The van der Waals surface area contributed by atoms with Crippen LogP contribution in [0.5, 0.6) is 0 Å². The molecule has 0 aliphatic heterocycles. The zero-order chi connectivity index (χ0) is 18.1. The Hall–Kier alpha value is -1.34. The van der Waals surface area contributed by atoms with Crippen LogP contribution in [-0.4, -0.2) is 19.7 Å². The highest BCUT2D eigenvalue weighted by atomic mass is 35.5. The number of sulfonamides is 1. The Morgan fingerprint density at radius 2 is 1.62 bits per heavy atom. The first kappa shape index (κ1) is 19.0. The van der Waals surface area contributed by atoms with Crippen molar-refractivity contribution in [3.8, 4) is 0 Å². The molecule has 1 atom stereocenters. The van der Waals surface area contributed by atoms with Crippen LogP contribution in [0.3, 0.4) is 0 Å². The summed E-state index contributed by atoms with van der Waals surface area (Å²) >= 11 is 17.1. The van der Waals surface area contributed by atoms with Crippen molar-refractivity contribution in [2.45, 2.75) is 17.9 Å². The molecule has 0 saturated carbocycles. The molecule has 0 bridgehead atoms. The van der Waals surface area contributed by atoms with Gasteiger partial charge in [-0.25, -0.2) is 12.8 Å². The third-order valence-corrected chi connectivity index (χ3v) is 5.90. The van der Waals surface area contributed by atoms with E-state index in [0.717, 1.165) is 12.1 Å². The second-order valence-corrected chi connectivity index (χ2v) is 7.89. The summed E-state index contributed by atoms with van der Waals surface area (Å²) in [5.41, 5.74) is -0.376. The number of carbonyl (C=O) groups excluding carboxylic acids is 1. The van der Waals surface area contributed by atoms with E-state index < -0.39 is 27.1 Å². The molecule has 0 saturated heterocycles. The van der Waals surface area contributed by atoms with Crippen LogP contribution in [0.4, 0.5) is 10.1 Å². The molecular weight excluding hydrogens is 400 g/mol. The van der Waals surface area contributed by atoms with Crippen molar-refractivity contribution in [3.63, 3.8) is 0 Å². The van der Waals surface area contributed by atoms with Crippen LogP contribution in [0.2, 0.25) is 10.0 Å². The summed E-state index contributed by atoms with van der Waals surface area (Å²) in [6.07, 6.45) is 0. The maximum absolute atomic E-state index is 14.2. The Bertz CT molecular complexity index is 872. The number of anilines is 1. The van der Waals surface area contributed by atoms with Crippen molar-refractivity contribution < 1.29 is 17.6 Å². The van der Waals surface area contributed by atoms with Crippen LogP contribution >= 0.6 is 34.8 Å². The molecule has 0 unspecified atom stereocenters. The van der Waals surface area contributed by atoms with Crippen molar-refractivity contribution in [1.82, 2.24) is 0 Å². The Kier molecular flexibility index (Phi) is 5.75. The predicted octanol–water partition coefficient (Wildman–Crippen LogP) is 4.48. The summed E-state index contributed by atoms with van der Waals surface area (Å²) < 4.78 is 40.6. The van der Waals surface area contributed by atoms with Crippen LogP contribution in [-0.2, 0) is 14.8 Å². The first-order valence-corrected chi connectivity index (χ1v) is 9.16. The Morgan fingerprint density at radius 1 is 1.08 bits per heavy atom. The van der Waals surface area contributed by atoms with Crippen LogP contribution in [0.1, 0.15) is 6.92 Å². The fourth-order valence-corrected chi connectivity index (χ4v) is 4.08. The molecule has 0 amide bonds. The van der Waals surface area contributed by atoms with E-state index in [0.29, 0.717) is 9.33 Å². The van der Waals surface area contributed by atoms with Gasteiger partial charge in [0.15, 0.2) is 0 Å². The third kappa shape index (κ3) is 3.83. The fraction of sp³-hybridized carbons (Fsp3) is 0.133. The van der Waals surface area contributed by atoms with E-state index in [9.17, 15) is 17.6 Å². The van der Waals surface area contributed by atoms with Crippen molar-refractivity contribution in [2.24, 2.45) is 0 Å². The summed E-state index contributed by atoms with van der Waals surface area (Å²) in [6.45, 7) is 1.25. The van der Waals surface area contributed by atoms with E-state index in [1.54, 1.807) is 0 Å². The topological polar surface area (TPSA) is 54.5 Å². The summed E-state index contributed by atoms with van der Waals surface area (Å²) in [5, 5.41) is -0.528. The highest BCUT2D eigenvalue weighted by Gasteiger charge is 2.34. The summed E-state index contributed by atoms with van der Waals surface area (Å²) in [4.78, 5) is 11.4. The van der Waals surface area contributed by atoms with Crippen LogP contribution < -0.4 is 4.31 Å². The molecule has 0 aromatic heterocycles. The minimum absolute atomic E-state index is 0.108. The van der Waals surface area contributed by atoms with Gasteiger partial charge in [-0.05, 0) is 61.0 Å². The first-order valence-electron chi connectivity index (χ1n) is 6.59. The van der Waals surface area contributed by atoms with E-state index in [2.05, 4.69) is 0 Å². The number of hydrogen-bond donors (Lipinski definition) is 0. The summed E-state index contributed by atoms with van der Waals surface area (Å²) in [6, 6.07) is 7.27. The third-order valence-electron chi connectivity index (χ3n) is 3.20. The molecule has 9 heteroatoms. The van der Waals surface area contributed by atoms with Crippen molar-refractivity contribution in [1.29, 1.82) is 0 Å². The summed E-state index contributed by atoms with van der Waals surface area (Å²) in [7, 11) is -4.28. The lowest BCUT2D eigenvalue weighted by Crippen LogP contribution is -2.42. The molecule has 0 spiro atoms. The minimum atomic E-state index is -4.28. The number of rotatable bonds is 5. The van der Waals surface area contributed by atoms with Gasteiger partial charge in [-0.15, -0.1) is 0 Å². The smallest absolute Gasteiger partial charge is 0.265 e. The number of halogens is 4. The van der Waals surface area contributed by atoms with Gasteiger partial charge >= 0.3 is 0 Å². The predicted molar refractivity (Wildman–Crippen MR) is 92.8 cm³/mol. The number of benzene rings is 2. The molecule has 0 radical (unpaired) electrons. The molecule has 2 aromatic rings. The quantitative estimate of drug-likeness (QED) is 0.683. The maximum Gasteiger partial charge on any atom is 0.265 e. The number of hydrogen-bond acceptors (Lipinski definition) is 3. The number of nitrogens with zero attached hydrogens (tertiary/aromatic N) is 1. The molecule has 128 valence electrons. The van der Waals surface area contributed by atoms with Crippen molar-refractivity contribution in [2.75, 3.05) is 4.31 Å². The fourth-order valence-electron chi connectivity index (χ4n) is 2.01. The highest BCUT2D eigenvalue weighted by Crippen LogP contribution is 2.31. The SMILES string of the molecule is C[C@H](C(=O)Cl)N(c1cc(Cl)ccc1F)S(=O)(=O)c1ccc(Cl)cc1. The van der Waals surface area contributed by atoms with Gasteiger partial charge in [0.2, 0.25) is 5.24 Å². The van der Waals surface area contributed by atoms with Gasteiger partial charge in [0.1, 0.15) is 11.9 Å². The lowest BCUT2D eigenvalue weighted by atomic mass is 10.2. The van der Waals surface area contributed by atoms with Crippen LogP contribution in [0.15, 0.2) is 47.4 Å². The maximum atomic E-state index is 14.2. The monoisotopic (exact) mass is 409 g/mol. The molecular formula is C15H11Cl3FNO3S. The largest absolute Gasteiger partial charge is 0.279 e. The van der Waals surface area contributed by atoms with E-state index >= 15 is 0 Å². The van der Waals surface area contributed by atoms with E-state index in [-0.39, 0.29) is 15.6 Å². The zero-order valence-corrected chi connectivity index (χ0v) is 15.3. The lowest BCUT2D eigenvalue weighted by molar-refractivity contribution is -0.112. The van der Waals surface area contributed by atoms with Gasteiger partial charge in [-0.2, -0.15) is 0 Å². The second-order valence-electron chi connectivity index (χ2n) is 4.83. The molecule has 2 aromatic carbocycles. The minimum Gasteiger partial charge on any atom is -0.279 e. The average Bonchev–Trinajstić information content (AvgIpc) is 2.51. The molecule has 0 aliphatic carbocycles. The Balaban J connectivity index is 2.68. The molecule has 0 fully saturated rings. The number of carbonyl (C=O) groups is 1.